The minimum atomic E-state index is 0.173. The van der Waals surface area contributed by atoms with E-state index in [1.807, 2.05) is 24.4 Å². The molecule has 0 amide bonds. The Morgan fingerprint density at radius 2 is 2.04 bits per heavy atom. The van der Waals surface area contributed by atoms with Gasteiger partial charge in [0.25, 0.3) is 0 Å². The standard InChI is InChI=1S/C19H21N3O/c23-12-11-21(18-9-8-15-5-1-2-6-17(15)18)13-16-14-22-10-4-3-7-19(22)20-16/h1-7,10,14,18,23H,8-9,11-13H2. The fourth-order valence-corrected chi connectivity index (χ4v) is 3.66. The van der Waals surface area contributed by atoms with Crippen molar-refractivity contribution in [3.8, 4) is 0 Å². The van der Waals surface area contributed by atoms with E-state index in [0.717, 1.165) is 30.7 Å². The van der Waals surface area contributed by atoms with Gasteiger partial charge in [0, 0.05) is 31.5 Å². The summed E-state index contributed by atoms with van der Waals surface area (Å²) in [6.45, 7) is 1.61. The molecule has 1 aliphatic carbocycles. The first-order valence-electron chi connectivity index (χ1n) is 8.20. The van der Waals surface area contributed by atoms with Crippen LogP contribution in [0.2, 0.25) is 0 Å². The zero-order chi connectivity index (χ0) is 15.6. The fraction of sp³-hybridized carbons (Fsp3) is 0.316. The van der Waals surface area contributed by atoms with Crippen molar-refractivity contribution in [3.05, 3.63) is 71.7 Å². The lowest BCUT2D eigenvalue weighted by atomic mass is 10.1. The minimum Gasteiger partial charge on any atom is -0.395 e. The molecule has 23 heavy (non-hydrogen) atoms. The van der Waals surface area contributed by atoms with E-state index in [9.17, 15) is 5.11 Å². The molecule has 0 aliphatic heterocycles. The van der Waals surface area contributed by atoms with Gasteiger partial charge in [0.05, 0.1) is 12.3 Å². The third kappa shape index (κ3) is 2.76. The quantitative estimate of drug-likeness (QED) is 0.788. The molecule has 0 spiro atoms. The fourth-order valence-electron chi connectivity index (χ4n) is 3.66. The van der Waals surface area contributed by atoms with Gasteiger partial charge in [0.2, 0.25) is 0 Å². The molecule has 4 heteroatoms. The van der Waals surface area contributed by atoms with E-state index in [2.05, 4.69) is 39.8 Å². The number of pyridine rings is 1. The highest BCUT2D eigenvalue weighted by Gasteiger charge is 2.27. The van der Waals surface area contributed by atoms with Gasteiger partial charge in [-0.05, 0) is 36.1 Å². The van der Waals surface area contributed by atoms with Gasteiger partial charge >= 0.3 is 0 Å². The maximum atomic E-state index is 9.50. The number of aliphatic hydroxyl groups is 1. The monoisotopic (exact) mass is 307 g/mol. The van der Waals surface area contributed by atoms with Crippen molar-refractivity contribution in [2.24, 2.45) is 0 Å². The highest BCUT2D eigenvalue weighted by molar-refractivity contribution is 5.39. The Kier molecular flexibility index (Phi) is 3.85. The molecule has 3 aromatic rings. The summed E-state index contributed by atoms with van der Waals surface area (Å²) in [7, 11) is 0. The predicted octanol–water partition coefficient (Wildman–Crippen LogP) is 2.82. The molecular weight excluding hydrogens is 286 g/mol. The van der Waals surface area contributed by atoms with Crippen LogP contribution >= 0.6 is 0 Å². The molecule has 0 saturated carbocycles. The van der Waals surface area contributed by atoms with Crippen LogP contribution in [0.3, 0.4) is 0 Å². The van der Waals surface area contributed by atoms with E-state index in [1.165, 1.54) is 11.1 Å². The van der Waals surface area contributed by atoms with Gasteiger partial charge in [-0.1, -0.05) is 30.3 Å². The van der Waals surface area contributed by atoms with Crippen LogP contribution in [-0.2, 0) is 13.0 Å². The lowest BCUT2D eigenvalue weighted by molar-refractivity contribution is 0.141. The van der Waals surface area contributed by atoms with Crippen molar-refractivity contribution in [3.63, 3.8) is 0 Å². The largest absolute Gasteiger partial charge is 0.395 e. The summed E-state index contributed by atoms with van der Waals surface area (Å²) in [6, 6.07) is 15.1. The number of nitrogens with zero attached hydrogens (tertiary/aromatic N) is 3. The average Bonchev–Trinajstić information content (AvgIpc) is 3.17. The van der Waals surface area contributed by atoms with E-state index in [0.29, 0.717) is 12.6 Å². The van der Waals surface area contributed by atoms with Gasteiger partial charge < -0.3 is 9.51 Å². The Bertz CT molecular complexity index is 778. The second-order valence-corrected chi connectivity index (χ2v) is 6.15. The normalized spacial score (nSPS) is 17.0. The van der Waals surface area contributed by atoms with Gasteiger partial charge in [0.15, 0.2) is 0 Å². The number of fused-ring (bicyclic) bond motifs is 2. The van der Waals surface area contributed by atoms with E-state index in [1.54, 1.807) is 0 Å². The lowest BCUT2D eigenvalue weighted by Gasteiger charge is -2.28. The number of hydrogen-bond acceptors (Lipinski definition) is 3. The smallest absolute Gasteiger partial charge is 0.137 e. The minimum absolute atomic E-state index is 0.173. The Labute approximate surface area is 136 Å². The molecule has 118 valence electrons. The van der Waals surface area contributed by atoms with Gasteiger partial charge in [-0.3, -0.25) is 4.90 Å². The second-order valence-electron chi connectivity index (χ2n) is 6.15. The molecule has 0 bridgehead atoms. The van der Waals surface area contributed by atoms with Crippen LogP contribution in [0.25, 0.3) is 5.65 Å². The number of aryl methyl sites for hydroxylation is 1. The van der Waals surface area contributed by atoms with Crippen LogP contribution in [0.4, 0.5) is 0 Å². The summed E-state index contributed by atoms with van der Waals surface area (Å²) < 4.78 is 2.05. The molecule has 1 N–H and O–H groups in total. The summed E-state index contributed by atoms with van der Waals surface area (Å²) in [5.41, 5.74) is 4.87. The Balaban J connectivity index is 1.61. The molecule has 1 atom stereocenters. The van der Waals surface area contributed by atoms with Crippen LogP contribution in [0.5, 0.6) is 0 Å². The Hall–Kier alpha value is -2.17. The molecule has 2 heterocycles. The van der Waals surface area contributed by atoms with E-state index in [4.69, 9.17) is 4.98 Å². The third-order valence-corrected chi connectivity index (χ3v) is 4.71. The van der Waals surface area contributed by atoms with Crippen LogP contribution in [-0.4, -0.2) is 32.5 Å². The molecule has 4 rings (SSSR count). The number of aromatic nitrogens is 2. The summed E-state index contributed by atoms with van der Waals surface area (Å²) in [4.78, 5) is 7.06. The summed E-state index contributed by atoms with van der Waals surface area (Å²) in [5, 5.41) is 9.50. The molecule has 0 fully saturated rings. The first-order valence-corrected chi connectivity index (χ1v) is 8.20. The van der Waals surface area contributed by atoms with E-state index >= 15 is 0 Å². The highest BCUT2D eigenvalue weighted by Crippen LogP contribution is 2.36. The number of hydrogen-bond donors (Lipinski definition) is 1. The van der Waals surface area contributed by atoms with Crippen molar-refractivity contribution < 1.29 is 5.11 Å². The van der Waals surface area contributed by atoms with E-state index in [-0.39, 0.29) is 6.61 Å². The number of benzene rings is 1. The number of rotatable bonds is 5. The summed E-state index contributed by atoms with van der Waals surface area (Å²) in [6.07, 6.45) is 6.34. The van der Waals surface area contributed by atoms with Crippen LogP contribution in [0.1, 0.15) is 29.3 Å². The second kappa shape index (κ2) is 6.14. The average molecular weight is 307 g/mol. The van der Waals surface area contributed by atoms with Crippen LogP contribution in [0.15, 0.2) is 54.9 Å². The van der Waals surface area contributed by atoms with E-state index < -0.39 is 0 Å². The SMILES string of the molecule is OCCN(Cc1cn2ccccc2n1)C1CCc2ccccc21. The molecule has 0 radical (unpaired) electrons. The lowest BCUT2D eigenvalue weighted by Crippen LogP contribution is -2.30. The number of imidazole rings is 1. The van der Waals surface area contributed by atoms with Gasteiger partial charge in [0.1, 0.15) is 5.65 Å². The molecule has 0 saturated heterocycles. The van der Waals surface area contributed by atoms with Crippen molar-refractivity contribution in [2.75, 3.05) is 13.2 Å². The van der Waals surface area contributed by atoms with Gasteiger partial charge in [-0.2, -0.15) is 0 Å². The first kappa shape index (κ1) is 14.4. The van der Waals surface area contributed by atoms with Crippen LogP contribution < -0.4 is 0 Å². The molecule has 1 aromatic carbocycles. The molecular formula is C19H21N3O. The number of aliphatic hydroxyl groups excluding tert-OH is 1. The zero-order valence-corrected chi connectivity index (χ0v) is 13.1. The van der Waals surface area contributed by atoms with Crippen molar-refractivity contribution in [1.29, 1.82) is 0 Å². The highest BCUT2D eigenvalue weighted by atomic mass is 16.3. The predicted molar refractivity (Wildman–Crippen MR) is 90.2 cm³/mol. The topological polar surface area (TPSA) is 40.8 Å². The first-order chi connectivity index (χ1) is 11.3. The van der Waals surface area contributed by atoms with Crippen molar-refractivity contribution >= 4 is 5.65 Å². The van der Waals surface area contributed by atoms with Crippen molar-refractivity contribution in [2.45, 2.75) is 25.4 Å². The molecule has 4 nitrogen and oxygen atoms in total. The van der Waals surface area contributed by atoms with Gasteiger partial charge in [-0.25, -0.2) is 4.98 Å². The maximum Gasteiger partial charge on any atom is 0.137 e. The molecule has 1 unspecified atom stereocenters. The zero-order valence-electron chi connectivity index (χ0n) is 13.1. The van der Waals surface area contributed by atoms with Gasteiger partial charge in [-0.15, -0.1) is 0 Å². The summed E-state index contributed by atoms with van der Waals surface area (Å²) in [5.74, 6) is 0. The Morgan fingerprint density at radius 1 is 1.17 bits per heavy atom. The van der Waals surface area contributed by atoms with Crippen LogP contribution in [0, 0.1) is 0 Å². The summed E-state index contributed by atoms with van der Waals surface area (Å²) >= 11 is 0. The van der Waals surface area contributed by atoms with Crippen molar-refractivity contribution in [1.82, 2.24) is 14.3 Å². The Morgan fingerprint density at radius 3 is 2.91 bits per heavy atom. The maximum absolute atomic E-state index is 9.50. The molecule has 2 aromatic heterocycles. The molecule has 1 aliphatic rings. The third-order valence-electron chi connectivity index (χ3n) is 4.71.